The lowest BCUT2D eigenvalue weighted by molar-refractivity contribution is 0.505. The van der Waals surface area contributed by atoms with Crippen LogP contribution in [0.1, 0.15) is 31.2 Å². The van der Waals surface area contributed by atoms with E-state index in [1.807, 2.05) is 12.1 Å². The number of benzene rings is 1. The molecule has 0 bridgehead atoms. The fourth-order valence-corrected chi connectivity index (χ4v) is 3.56. The highest BCUT2D eigenvalue weighted by molar-refractivity contribution is 9.09. The number of halogens is 3. The fourth-order valence-electron chi connectivity index (χ4n) is 2.38. The van der Waals surface area contributed by atoms with Crippen molar-refractivity contribution in [2.45, 2.75) is 31.1 Å². The van der Waals surface area contributed by atoms with E-state index < -0.39 is 0 Å². The van der Waals surface area contributed by atoms with E-state index in [-0.39, 0.29) is 5.41 Å². The summed E-state index contributed by atoms with van der Waals surface area (Å²) in [6.07, 6.45) is 5.12. The molecule has 1 aromatic rings. The summed E-state index contributed by atoms with van der Waals surface area (Å²) in [5.74, 6) is 0. The van der Waals surface area contributed by atoms with Crippen molar-refractivity contribution in [1.82, 2.24) is 0 Å². The second-order valence-electron chi connectivity index (χ2n) is 4.25. The standard InChI is InChI=1S/C12H13BrCl2/c13-8-12(5-1-2-6-12)9-3-4-10(14)11(15)7-9/h3-4,7H,1-2,5-6,8H2. The van der Waals surface area contributed by atoms with Crippen molar-refractivity contribution < 1.29 is 0 Å². The van der Waals surface area contributed by atoms with Gasteiger partial charge in [0.2, 0.25) is 0 Å². The molecule has 2 rings (SSSR count). The predicted molar refractivity (Wildman–Crippen MR) is 70.4 cm³/mol. The van der Waals surface area contributed by atoms with E-state index >= 15 is 0 Å². The normalized spacial score (nSPS) is 19.4. The Morgan fingerprint density at radius 3 is 2.33 bits per heavy atom. The molecule has 82 valence electrons. The molecule has 0 nitrogen and oxygen atoms in total. The summed E-state index contributed by atoms with van der Waals surface area (Å²) in [5, 5.41) is 2.32. The Labute approximate surface area is 109 Å². The Hall–Kier alpha value is 0.280. The molecule has 1 saturated carbocycles. The summed E-state index contributed by atoms with van der Waals surface area (Å²) in [6, 6.07) is 6.04. The zero-order valence-electron chi connectivity index (χ0n) is 8.40. The molecule has 0 aromatic heterocycles. The van der Waals surface area contributed by atoms with Gasteiger partial charge < -0.3 is 0 Å². The van der Waals surface area contributed by atoms with Crippen molar-refractivity contribution in [1.29, 1.82) is 0 Å². The van der Waals surface area contributed by atoms with Gasteiger partial charge in [-0.1, -0.05) is 58.0 Å². The van der Waals surface area contributed by atoms with Crippen LogP contribution in [0.2, 0.25) is 10.0 Å². The molecule has 1 aliphatic carbocycles. The maximum Gasteiger partial charge on any atom is 0.0595 e. The number of rotatable bonds is 2. The largest absolute Gasteiger partial charge is 0.0918 e. The van der Waals surface area contributed by atoms with Crippen LogP contribution in [-0.4, -0.2) is 5.33 Å². The van der Waals surface area contributed by atoms with Crippen molar-refractivity contribution in [2.75, 3.05) is 5.33 Å². The van der Waals surface area contributed by atoms with Gasteiger partial charge in [0.15, 0.2) is 0 Å². The minimum atomic E-state index is 0.286. The third-order valence-electron chi connectivity index (χ3n) is 3.35. The Balaban J connectivity index is 2.38. The second-order valence-corrected chi connectivity index (χ2v) is 5.63. The van der Waals surface area contributed by atoms with E-state index in [0.29, 0.717) is 10.0 Å². The van der Waals surface area contributed by atoms with E-state index in [2.05, 4.69) is 22.0 Å². The van der Waals surface area contributed by atoms with Crippen LogP contribution >= 0.6 is 39.1 Å². The summed E-state index contributed by atoms with van der Waals surface area (Å²) in [4.78, 5) is 0. The summed E-state index contributed by atoms with van der Waals surface area (Å²) in [7, 11) is 0. The molecule has 0 heterocycles. The molecule has 0 N–H and O–H groups in total. The van der Waals surface area contributed by atoms with Gasteiger partial charge in [-0.2, -0.15) is 0 Å². The van der Waals surface area contributed by atoms with Crippen molar-refractivity contribution >= 4 is 39.1 Å². The van der Waals surface area contributed by atoms with E-state index in [9.17, 15) is 0 Å². The molecule has 0 aliphatic heterocycles. The topological polar surface area (TPSA) is 0 Å². The SMILES string of the molecule is Clc1ccc(C2(CBr)CCCC2)cc1Cl. The van der Waals surface area contributed by atoms with Gasteiger partial charge in [0.1, 0.15) is 0 Å². The average Bonchev–Trinajstić information content (AvgIpc) is 2.72. The van der Waals surface area contributed by atoms with Crippen LogP contribution in [0.15, 0.2) is 18.2 Å². The molecule has 15 heavy (non-hydrogen) atoms. The first-order valence-electron chi connectivity index (χ1n) is 5.19. The highest BCUT2D eigenvalue weighted by atomic mass is 79.9. The molecule has 0 amide bonds. The number of hydrogen-bond donors (Lipinski definition) is 0. The van der Waals surface area contributed by atoms with Crippen LogP contribution in [0.4, 0.5) is 0 Å². The first-order chi connectivity index (χ1) is 7.18. The van der Waals surface area contributed by atoms with Crippen molar-refractivity contribution in [3.8, 4) is 0 Å². The monoisotopic (exact) mass is 306 g/mol. The number of hydrogen-bond acceptors (Lipinski definition) is 0. The van der Waals surface area contributed by atoms with Gasteiger partial charge in [-0.25, -0.2) is 0 Å². The predicted octanol–water partition coefficient (Wildman–Crippen LogP) is 5.20. The van der Waals surface area contributed by atoms with Gasteiger partial charge in [-0.05, 0) is 30.5 Å². The van der Waals surface area contributed by atoms with Crippen LogP contribution in [0, 0.1) is 0 Å². The maximum absolute atomic E-state index is 6.06. The molecular formula is C12H13BrCl2. The van der Waals surface area contributed by atoms with Crippen LogP contribution in [0.25, 0.3) is 0 Å². The lowest BCUT2D eigenvalue weighted by atomic mass is 9.81. The van der Waals surface area contributed by atoms with E-state index in [0.717, 1.165) is 5.33 Å². The van der Waals surface area contributed by atoms with Crippen molar-refractivity contribution in [2.24, 2.45) is 0 Å². The van der Waals surface area contributed by atoms with Crippen LogP contribution < -0.4 is 0 Å². The Bertz CT molecular complexity index is 357. The van der Waals surface area contributed by atoms with Crippen LogP contribution in [-0.2, 0) is 5.41 Å². The molecule has 3 heteroatoms. The molecule has 0 unspecified atom stereocenters. The first kappa shape index (κ1) is 11.8. The summed E-state index contributed by atoms with van der Waals surface area (Å²) >= 11 is 15.6. The molecule has 1 aliphatic rings. The zero-order chi connectivity index (χ0) is 10.9. The third-order valence-corrected chi connectivity index (χ3v) is 5.16. The minimum absolute atomic E-state index is 0.286. The Morgan fingerprint density at radius 1 is 1.13 bits per heavy atom. The van der Waals surface area contributed by atoms with Gasteiger partial charge >= 0.3 is 0 Å². The maximum atomic E-state index is 6.06. The lowest BCUT2D eigenvalue weighted by Gasteiger charge is -2.27. The molecular weight excluding hydrogens is 295 g/mol. The highest BCUT2D eigenvalue weighted by Gasteiger charge is 2.34. The zero-order valence-corrected chi connectivity index (χ0v) is 11.5. The van der Waals surface area contributed by atoms with E-state index in [4.69, 9.17) is 23.2 Å². The minimum Gasteiger partial charge on any atom is -0.0918 e. The van der Waals surface area contributed by atoms with Gasteiger partial charge in [-0.15, -0.1) is 0 Å². The molecule has 0 spiro atoms. The number of alkyl halides is 1. The first-order valence-corrected chi connectivity index (χ1v) is 7.07. The Kier molecular flexibility index (Phi) is 3.64. The van der Waals surface area contributed by atoms with Crippen molar-refractivity contribution in [3.05, 3.63) is 33.8 Å². The summed E-state index contributed by atoms with van der Waals surface area (Å²) in [5.41, 5.74) is 1.61. The average molecular weight is 308 g/mol. The highest BCUT2D eigenvalue weighted by Crippen LogP contribution is 2.43. The molecule has 0 atom stereocenters. The van der Waals surface area contributed by atoms with Gasteiger partial charge in [0.05, 0.1) is 10.0 Å². The van der Waals surface area contributed by atoms with Gasteiger partial charge in [-0.3, -0.25) is 0 Å². The Morgan fingerprint density at radius 2 is 1.80 bits per heavy atom. The van der Waals surface area contributed by atoms with Gasteiger partial charge in [0, 0.05) is 10.7 Å². The van der Waals surface area contributed by atoms with E-state index in [1.54, 1.807) is 0 Å². The molecule has 1 fully saturated rings. The van der Waals surface area contributed by atoms with E-state index in [1.165, 1.54) is 31.2 Å². The second kappa shape index (κ2) is 4.65. The summed E-state index contributed by atoms with van der Waals surface area (Å²) < 4.78 is 0. The fraction of sp³-hybridized carbons (Fsp3) is 0.500. The third kappa shape index (κ3) is 2.20. The lowest BCUT2D eigenvalue weighted by Crippen LogP contribution is -2.23. The van der Waals surface area contributed by atoms with Gasteiger partial charge in [0.25, 0.3) is 0 Å². The van der Waals surface area contributed by atoms with Crippen LogP contribution in [0.5, 0.6) is 0 Å². The molecule has 0 saturated heterocycles. The summed E-state index contributed by atoms with van der Waals surface area (Å²) in [6.45, 7) is 0. The molecule has 1 aromatic carbocycles. The smallest absolute Gasteiger partial charge is 0.0595 e. The van der Waals surface area contributed by atoms with Crippen LogP contribution in [0.3, 0.4) is 0 Å². The van der Waals surface area contributed by atoms with Crippen molar-refractivity contribution in [3.63, 3.8) is 0 Å². The molecule has 0 radical (unpaired) electrons. The quantitative estimate of drug-likeness (QED) is 0.659.